The number of hydrogen-bond donors (Lipinski definition) is 0. The molecule has 1 aliphatic heterocycles. The van der Waals surface area contributed by atoms with E-state index in [-0.39, 0.29) is 0 Å². The normalized spacial score (nSPS) is 55.3. The van der Waals surface area contributed by atoms with Crippen molar-refractivity contribution in [3.63, 3.8) is 0 Å². The van der Waals surface area contributed by atoms with Gasteiger partial charge in [-0.1, -0.05) is 13.8 Å². The van der Waals surface area contributed by atoms with Gasteiger partial charge >= 0.3 is 0 Å². The number of ether oxygens (including phenoxy) is 1. The Labute approximate surface area is 56.4 Å². The molecule has 1 saturated heterocycles. The Kier molecular flexibility index (Phi) is 0.963. The molecule has 1 heteroatoms. The molecule has 0 aromatic heterocycles. The molecule has 1 nitrogen and oxygen atoms in total. The predicted molar refractivity (Wildman–Crippen MR) is 36.2 cm³/mol. The highest BCUT2D eigenvalue weighted by Gasteiger charge is 2.58. The molecule has 0 spiro atoms. The highest BCUT2D eigenvalue weighted by molar-refractivity contribution is 5.06. The predicted octanol–water partition coefficient (Wildman–Crippen LogP) is 1.82. The highest BCUT2D eigenvalue weighted by Crippen LogP contribution is 2.55. The van der Waals surface area contributed by atoms with E-state index in [2.05, 4.69) is 13.8 Å². The molecule has 2 fully saturated rings. The van der Waals surface area contributed by atoms with E-state index >= 15 is 0 Å². The highest BCUT2D eigenvalue weighted by atomic mass is 16.6. The summed E-state index contributed by atoms with van der Waals surface area (Å²) >= 11 is 0. The van der Waals surface area contributed by atoms with Crippen molar-refractivity contribution in [3.8, 4) is 0 Å². The Hall–Kier alpha value is -0.0400. The van der Waals surface area contributed by atoms with E-state index in [9.17, 15) is 0 Å². The van der Waals surface area contributed by atoms with E-state index < -0.39 is 0 Å². The van der Waals surface area contributed by atoms with Gasteiger partial charge in [0, 0.05) is 0 Å². The van der Waals surface area contributed by atoms with E-state index in [1.54, 1.807) is 0 Å². The first-order chi connectivity index (χ1) is 4.28. The first-order valence-electron chi connectivity index (χ1n) is 3.92. The fourth-order valence-corrected chi connectivity index (χ4v) is 1.83. The number of rotatable bonds is 2. The number of epoxide rings is 1. The van der Waals surface area contributed by atoms with Gasteiger partial charge in [0.2, 0.25) is 0 Å². The van der Waals surface area contributed by atoms with E-state index in [4.69, 9.17) is 4.74 Å². The summed E-state index contributed by atoms with van der Waals surface area (Å²) in [4.78, 5) is 0. The molecule has 3 atom stereocenters. The van der Waals surface area contributed by atoms with Crippen molar-refractivity contribution in [3.05, 3.63) is 0 Å². The van der Waals surface area contributed by atoms with Crippen LogP contribution in [0.1, 0.15) is 26.7 Å². The Morgan fingerprint density at radius 1 is 1.67 bits per heavy atom. The van der Waals surface area contributed by atoms with Crippen LogP contribution in [0.5, 0.6) is 0 Å². The van der Waals surface area contributed by atoms with Crippen LogP contribution < -0.4 is 0 Å². The van der Waals surface area contributed by atoms with Crippen molar-refractivity contribution < 1.29 is 4.74 Å². The van der Waals surface area contributed by atoms with Crippen LogP contribution in [0.25, 0.3) is 0 Å². The molecule has 52 valence electrons. The molecule has 3 unspecified atom stereocenters. The first-order valence-corrected chi connectivity index (χ1v) is 3.92. The van der Waals surface area contributed by atoms with Gasteiger partial charge in [0.05, 0.1) is 12.2 Å². The minimum Gasteiger partial charge on any atom is -0.369 e. The summed E-state index contributed by atoms with van der Waals surface area (Å²) in [6.07, 6.45) is 2.63. The molecule has 0 aromatic carbocycles. The van der Waals surface area contributed by atoms with E-state index in [1.165, 1.54) is 12.8 Å². The van der Waals surface area contributed by atoms with Gasteiger partial charge in [-0.25, -0.2) is 0 Å². The third-order valence-electron chi connectivity index (χ3n) is 2.90. The largest absolute Gasteiger partial charge is 0.369 e. The van der Waals surface area contributed by atoms with E-state index in [1.807, 2.05) is 0 Å². The van der Waals surface area contributed by atoms with Crippen molar-refractivity contribution in [2.45, 2.75) is 32.3 Å². The molecular weight excluding hydrogens is 112 g/mol. The fraction of sp³-hybridized carbons (Fsp3) is 1.00. The third kappa shape index (κ3) is 0.710. The molecule has 1 aliphatic carbocycles. The molecule has 0 N–H and O–H groups in total. The van der Waals surface area contributed by atoms with Gasteiger partial charge in [-0.2, -0.15) is 0 Å². The van der Waals surface area contributed by atoms with Gasteiger partial charge < -0.3 is 4.74 Å². The van der Waals surface area contributed by atoms with Crippen LogP contribution in [0.2, 0.25) is 0 Å². The lowest BCUT2D eigenvalue weighted by atomic mass is 10.0. The Morgan fingerprint density at radius 2 is 2.22 bits per heavy atom. The summed E-state index contributed by atoms with van der Waals surface area (Å²) < 4.78 is 5.44. The second-order valence-corrected chi connectivity index (χ2v) is 3.53. The number of hydrogen-bond acceptors (Lipinski definition) is 1. The van der Waals surface area contributed by atoms with Gasteiger partial charge in [-0.3, -0.25) is 0 Å². The van der Waals surface area contributed by atoms with Gasteiger partial charge in [-0.15, -0.1) is 0 Å². The second-order valence-electron chi connectivity index (χ2n) is 3.53. The monoisotopic (exact) mass is 126 g/mol. The van der Waals surface area contributed by atoms with Crippen LogP contribution in [-0.4, -0.2) is 12.2 Å². The van der Waals surface area contributed by atoms with Gasteiger partial charge in [-0.05, 0) is 24.7 Å². The Balaban J connectivity index is 1.97. The van der Waals surface area contributed by atoms with Crippen LogP contribution >= 0.6 is 0 Å². The zero-order valence-corrected chi connectivity index (χ0v) is 6.18. The molecule has 2 rings (SSSR count). The Morgan fingerprint density at radius 3 is 2.33 bits per heavy atom. The molecule has 1 heterocycles. The maximum atomic E-state index is 5.44. The van der Waals surface area contributed by atoms with Crippen molar-refractivity contribution in [1.82, 2.24) is 0 Å². The van der Waals surface area contributed by atoms with Crippen molar-refractivity contribution in [2.24, 2.45) is 11.8 Å². The summed E-state index contributed by atoms with van der Waals surface area (Å²) in [7, 11) is 0. The van der Waals surface area contributed by atoms with Crippen molar-refractivity contribution in [1.29, 1.82) is 0 Å². The van der Waals surface area contributed by atoms with Crippen LogP contribution in [0, 0.1) is 11.8 Å². The lowest BCUT2D eigenvalue weighted by Crippen LogP contribution is -2.12. The lowest BCUT2D eigenvalue weighted by Gasteiger charge is -2.04. The van der Waals surface area contributed by atoms with Crippen molar-refractivity contribution >= 4 is 0 Å². The molecule has 0 radical (unpaired) electrons. The molecule has 9 heavy (non-hydrogen) atoms. The average molecular weight is 126 g/mol. The third-order valence-corrected chi connectivity index (χ3v) is 2.90. The van der Waals surface area contributed by atoms with Gasteiger partial charge in [0.1, 0.15) is 0 Å². The summed E-state index contributed by atoms with van der Waals surface area (Å²) in [6.45, 7) is 5.60. The topological polar surface area (TPSA) is 12.5 Å². The summed E-state index contributed by atoms with van der Waals surface area (Å²) in [6, 6.07) is 0. The maximum absolute atomic E-state index is 5.44. The van der Waals surface area contributed by atoms with Gasteiger partial charge in [0.15, 0.2) is 0 Å². The molecule has 0 amide bonds. The average Bonchev–Trinajstić information content (AvgIpc) is 2.63. The standard InChI is InChI=1S/C8H14O/c1-3-8(5-9-8)7-4-6(7)2/h6-7H,3-5H2,1-2H3. The summed E-state index contributed by atoms with van der Waals surface area (Å²) in [5.74, 6) is 1.87. The maximum Gasteiger partial charge on any atom is 0.0944 e. The second kappa shape index (κ2) is 1.51. The van der Waals surface area contributed by atoms with E-state index in [0.29, 0.717) is 5.60 Å². The van der Waals surface area contributed by atoms with Crippen LogP contribution in [0.15, 0.2) is 0 Å². The Bertz CT molecular complexity index is 127. The van der Waals surface area contributed by atoms with Crippen LogP contribution in [0.4, 0.5) is 0 Å². The van der Waals surface area contributed by atoms with Crippen molar-refractivity contribution in [2.75, 3.05) is 6.61 Å². The van der Waals surface area contributed by atoms with Crippen LogP contribution in [-0.2, 0) is 4.74 Å². The lowest BCUT2D eigenvalue weighted by molar-refractivity contribution is 0.260. The molecule has 1 saturated carbocycles. The van der Waals surface area contributed by atoms with Crippen LogP contribution in [0.3, 0.4) is 0 Å². The minimum absolute atomic E-state index is 0.374. The zero-order chi connectivity index (χ0) is 6.48. The molecule has 0 bridgehead atoms. The molecular formula is C8H14O. The first kappa shape index (κ1) is 5.72. The smallest absolute Gasteiger partial charge is 0.0944 e. The zero-order valence-electron chi connectivity index (χ0n) is 6.18. The summed E-state index contributed by atoms with van der Waals surface area (Å²) in [5, 5.41) is 0. The fourth-order valence-electron chi connectivity index (χ4n) is 1.83. The quantitative estimate of drug-likeness (QED) is 0.514. The minimum atomic E-state index is 0.374. The van der Waals surface area contributed by atoms with Gasteiger partial charge in [0.25, 0.3) is 0 Å². The van der Waals surface area contributed by atoms with E-state index in [0.717, 1.165) is 18.4 Å². The SMILES string of the molecule is CCC1(C2CC2C)CO1. The molecule has 0 aromatic rings. The summed E-state index contributed by atoms with van der Waals surface area (Å²) in [5.41, 5.74) is 0.374. The molecule has 2 aliphatic rings.